The van der Waals surface area contributed by atoms with E-state index in [1.165, 1.54) is 6.20 Å². The molecule has 3 rings (SSSR count). The summed E-state index contributed by atoms with van der Waals surface area (Å²) in [5, 5.41) is 7.39. The lowest BCUT2D eigenvalue weighted by molar-refractivity contribution is 0.0914. The van der Waals surface area contributed by atoms with Crippen LogP contribution in [-0.4, -0.2) is 35.0 Å². The van der Waals surface area contributed by atoms with Crippen molar-refractivity contribution >= 4 is 11.6 Å². The molecule has 0 bridgehead atoms. The van der Waals surface area contributed by atoms with E-state index in [0.29, 0.717) is 30.3 Å². The number of hydrogen-bond donors (Lipinski definition) is 0. The molecule has 0 saturated heterocycles. The summed E-state index contributed by atoms with van der Waals surface area (Å²) in [6.07, 6.45) is 1.72. The highest BCUT2D eigenvalue weighted by Crippen LogP contribution is 2.31. The zero-order chi connectivity index (χ0) is 15.4. The van der Waals surface area contributed by atoms with Crippen molar-refractivity contribution in [2.24, 2.45) is 0 Å². The van der Waals surface area contributed by atoms with Gasteiger partial charge >= 0.3 is 0 Å². The predicted molar refractivity (Wildman–Crippen MR) is 77.4 cm³/mol. The van der Waals surface area contributed by atoms with E-state index in [2.05, 4.69) is 10.2 Å². The third-order valence-corrected chi connectivity index (χ3v) is 3.30. The SMILES string of the molecule is O=C(CCC(=O)c1cccnn1)c1ccc2c(c1)OCCO2. The second-order valence-electron chi connectivity index (χ2n) is 4.81. The normalized spacial score (nSPS) is 12.7. The molecular formula is C16H14N2O4. The number of rotatable bonds is 5. The molecule has 6 heteroatoms. The highest BCUT2D eigenvalue weighted by atomic mass is 16.6. The minimum Gasteiger partial charge on any atom is -0.486 e. The molecule has 1 aliphatic heterocycles. The van der Waals surface area contributed by atoms with Gasteiger partial charge < -0.3 is 9.47 Å². The number of benzene rings is 1. The van der Waals surface area contributed by atoms with Gasteiger partial charge in [0.2, 0.25) is 0 Å². The Hall–Kier alpha value is -2.76. The first-order valence-electron chi connectivity index (χ1n) is 6.98. The molecule has 0 spiro atoms. The number of Topliss-reactive ketones (excluding diaryl/α,β-unsaturated/α-hetero) is 2. The van der Waals surface area contributed by atoms with Crippen LogP contribution in [0, 0.1) is 0 Å². The summed E-state index contributed by atoms with van der Waals surface area (Å²) < 4.78 is 10.9. The average Bonchev–Trinajstić information content (AvgIpc) is 2.59. The van der Waals surface area contributed by atoms with Gasteiger partial charge in [0.05, 0.1) is 0 Å². The van der Waals surface area contributed by atoms with Crippen molar-refractivity contribution in [2.45, 2.75) is 12.8 Å². The molecule has 0 saturated carbocycles. The smallest absolute Gasteiger partial charge is 0.183 e. The Kier molecular flexibility index (Phi) is 4.09. The van der Waals surface area contributed by atoms with Crippen LogP contribution in [0.3, 0.4) is 0 Å². The standard InChI is InChI=1S/C16H14N2O4/c19-13(4-5-14(20)12-2-1-7-17-18-12)11-3-6-15-16(10-11)22-9-8-21-15/h1-3,6-7,10H,4-5,8-9H2. The molecule has 0 radical (unpaired) electrons. The fraction of sp³-hybridized carbons (Fsp3) is 0.250. The van der Waals surface area contributed by atoms with Crippen LogP contribution in [0.15, 0.2) is 36.5 Å². The first-order valence-corrected chi connectivity index (χ1v) is 6.98. The summed E-state index contributed by atoms with van der Waals surface area (Å²) >= 11 is 0. The van der Waals surface area contributed by atoms with Crippen molar-refractivity contribution in [3.05, 3.63) is 47.8 Å². The molecule has 2 aromatic rings. The van der Waals surface area contributed by atoms with Crippen molar-refractivity contribution in [1.29, 1.82) is 0 Å². The van der Waals surface area contributed by atoms with E-state index in [1.807, 2.05) is 0 Å². The minimum absolute atomic E-state index is 0.103. The maximum Gasteiger partial charge on any atom is 0.183 e. The number of hydrogen-bond acceptors (Lipinski definition) is 6. The molecule has 0 N–H and O–H groups in total. The topological polar surface area (TPSA) is 78.4 Å². The Morgan fingerprint density at radius 2 is 1.77 bits per heavy atom. The largest absolute Gasteiger partial charge is 0.486 e. The number of nitrogens with zero attached hydrogens (tertiary/aromatic N) is 2. The Balaban J connectivity index is 1.64. The van der Waals surface area contributed by atoms with Crippen molar-refractivity contribution in [3.8, 4) is 11.5 Å². The minimum atomic E-state index is -0.195. The monoisotopic (exact) mass is 298 g/mol. The molecule has 1 aromatic heterocycles. The van der Waals surface area contributed by atoms with Gasteiger partial charge in [-0.25, -0.2) is 0 Å². The van der Waals surface area contributed by atoms with Crippen LogP contribution in [0.1, 0.15) is 33.7 Å². The Morgan fingerprint density at radius 3 is 2.55 bits per heavy atom. The number of aromatic nitrogens is 2. The van der Waals surface area contributed by atoms with Gasteiger partial charge in [0.1, 0.15) is 18.9 Å². The Morgan fingerprint density at radius 1 is 1.00 bits per heavy atom. The van der Waals surface area contributed by atoms with Crippen LogP contribution in [0.2, 0.25) is 0 Å². The number of ether oxygens (including phenoxy) is 2. The Bertz CT molecular complexity index is 701. The van der Waals surface area contributed by atoms with Gasteiger partial charge in [-0.05, 0) is 30.3 Å². The first-order chi connectivity index (χ1) is 10.7. The van der Waals surface area contributed by atoms with E-state index >= 15 is 0 Å². The number of ketones is 2. The molecule has 22 heavy (non-hydrogen) atoms. The third kappa shape index (κ3) is 3.11. The molecule has 1 aromatic carbocycles. The zero-order valence-electron chi connectivity index (χ0n) is 11.8. The first kappa shape index (κ1) is 14.2. The fourth-order valence-corrected chi connectivity index (χ4v) is 2.17. The molecule has 2 heterocycles. The van der Waals surface area contributed by atoms with Gasteiger partial charge in [-0.3, -0.25) is 9.59 Å². The van der Waals surface area contributed by atoms with Crippen LogP contribution in [-0.2, 0) is 0 Å². The van der Waals surface area contributed by atoms with E-state index in [0.717, 1.165) is 0 Å². The van der Waals surface area contributed by atoms with Gasteiger partial charge in [-0.2, -0.15) is 5.10 Å². The van der Waals surface area contributed by atoms with Crippen molar-refractivity contribution < 1.29 is 19.1 Å². The lowest BCUT2D eigenvalue weighted by Crippen LogP contribution is -2.16. The fourth-order valence-electron chi connectivity index (χ4n) is 2.17. The molecule has 0 amide bonds. The van der Waals surface area contributed by atoms with Crippen molar-refractivity contribution in [1.82, 2.24) is 10.2 Å². The van der Waals surface area contributed by atoms with Gasteiger partial charge in [-0.15, -0.1) is 5.10 Å². The van der Waals surface area contributed by atoms with E-state index in [9.17, 15) is 9.59 Å². The highest BCUT2D eigenvalue weighted by molar-refractivity contribution is 6.01. The van der Waals surface area contributed by atoms with Crippen LogP contribution in [0.25, 0.3) is 0 Å². The summed E-state index contributed by atoms with van der Waals surface area (Å²) in [7, 11) is 0. The summed E-state index contributed by atoms with van der Waals surface area (Å²) in [6, 6.07) is 8.28. The third-order valence-electron chi connectivity index (χ3n) is 3.30. The van der Waals surface area contributed by atoms with E-state index in [4.69, 9.17) is 9.47 Å². The molecule has 6 nitrogen and oxygen atoms in total. The lowest BCUT2D eigenvalue weighted by Gasteiger charge is -2.18. The second-order valence-corrected chi connectivity index (χ2v) is 4.81. The van der Waals surface area contributed by atoms with E-state index in [-0.39, 0.29) is 30.1 Å². The van der Waals surface area contributed by atoms with Gasteiger partial charge in [-0.1, -0.05) is 0 Å². The maximum atomic E-state index is 12.2. The summed E-state index contributed by atoms with van der Waals surface area (Å²) in [6.45, 7) is 0.975. The van der Waals surface area contributed by atoms with Crippen molar-refractivity contribution in [3.63, 3.8) is 0 Å². The van der Waals surface area contributed by atoms with Crippen molar-refractivity contribution in [2.75, 3.05) is 13.2 Å². The average molecular weight is 298 g/mol. The quantitative estimate of drug-likeness (QED) is 0.786. The summed E-state index contributed by atoms with van der Waals surface area (Å²) in [5.74, 6) is 0.893. The maximum absolute atomic E-state index is 12.2. The number of carbonyl (C=O) groups is 2. The Labute approximate surface area is 127 Å². The van der Waals surface area contributed by atoms with Gasteiger partial charge in [0.15, 0.2) is 23.1 Å². The van der Waals surface area contributed by atoms with Crippen LogP contribution in [0.5, 0.6) is 11.5 Å². The number of fused-ring (bicyclic) bond motifs is 1. The highest BCUT2D eigenvalue weighted by Gasteiger charge is 2.16. The second kappa shape index (κ2) is 6.34. The lowest BCUT2D eigenvalue weighted by atomic mass is 10.0. The summed E-state index contributed by atoms with van der Waals surface area (Å²) in [4.78, 5) is 24.1. The predicted octanol–water partition coefficient (Wildman–Crippen LogP) is 2.09. The molecule has 0 aliphatic carbocycles. The molecule has 0 unspecified atom stereocenters. The van der Waals surface area contributed by atoms with Gasteiger partial charge in [0.25, 0.3) is 0 Å². The zero-order valence-corrected chi connectivity index (χ0v) is 11.8. The van der Waals surface area contributed by atoms with E-state index in [1.54, 1.807) is 30.3 Å². The molecule has 112 valence electrons. The molecule has 0 fully saturated rings. The van der Waals surface area contributed by atoms with Crippen LogP contribution < -0.4 is 9.47 Å². The number of carbonyl (C=O) groups excluding carboxylic acids is 2. The van der Waals surface area contributed by atoms with Crippen LogP contribution >= 0.6 is 0 Å². The molecule has 0 atom stereocenters. The van der Waals surface area contributed by atoms with E-state index < -0.39 is 0 Å². The van der Waals surface area contributed by atoms with Crippen LogP contribution in [0.4, 0.5) is 0 Å². The molecular weight excluding hydrogens is 284 g/mol. The van der Waals surface area contributed by atoms with Gasteiger partial charge in [0, 0.05) is 24.6 Å². The summed E-state index contributed by atoms with van der Waals surface area (Å²) in [5.41, 5.74) is 0.786. The molecule has 1 aliphatic rings.